The Morgan fingerprint density at radius 2 is 2.21 bits per heavy atom. The van der Waals surface area contributed by atoms with Gasteiger partial charge in [0.2, 0.25) is 0 Å². The van der Waals surface area contributed by atoms with Crippen molar-refractivity contribution in [3.05, 3.63) is 23.9 Å². The van der Waals surface area contributed by atoms with Gasteiger partial charge in [0.1, 0.15) is 5.82 Å². The normalized spacial score (nSPS) is 12.4. The number of methoxy groups -OCH3 is 1. The molecule has 0 spiro atoms. The molecule has 1 atom stereocenters. The maximum atomic E-state index is 5.20. The molecule has 0 aliphatic rings. The van der Waals surface area contributed by atoms with Crippen LogP contribution in [0.3, 0.4) is 0 Å². The lowest BCUT2D eigenvalue weighted by atomic mass is 10.2. The van der Waals surface area contributed by atoms with Crippen molar-refractivity contribution in [3.63, 3.8) is 0 Å². The molecule has 4 nitrogen and oxygen atoms in total. The minimum Gasteiger partial charge on any atom is -0.383 e. The SMILES string of the molecule is CCNCc1ccnc(N(CCOC)C(C)CC)c1. The Kier molecular flexibility index (Phi) is 7.45. The van der Waals surface area contributed by atoms with Crippen LogP contribution in [0.1, 0.15) is 32.8 Å². The summed E-state index contributed by atoms with van der Waals surface area (Å²) < 4.78 is 5.20. The van der Waals surface area contributed by atoms with Crippen LogP contribution in [-0.4, -0.2) is 37.8 Å². The summed E-state index contributed by atoms with van der Waals surface area (Å²) in [4.78, 5) is 6.83. The Hall–Kier alpha value is -1.13. The number of rotatable bonds is 9. The van der Waals surface area contributed by atoms with E-state index in [1.54, 1.807) is 7.11 Å². The van der Waals surface area contributed by atoms with Crippen molar-refractivity contribution >= 4 is 5.82 Å². The van der Waals surface area contributed by atoms with Crippen LogP contribution in [0.25, 0.3) is 0 Å². The number of hydrogen-bond donors (Lipinski definition) is 1. The van der Waals surface area contributed by atoms with Crippen molar-refractivity contribution in [2.75, 3.05) is 31.7 Å². The molecule has 19 heavy (non-hydrogen) atoms. The highest BCUT2D eigenvalue weighted by Crippen LogP contribution is 2.17. The molecule has 0 radical (unpaired) electrons. The number of pyridine rings is 1. The Morgan fingerprint density at radius 1 is 1.42 bits per heavy atom. The second-order valence-corrected chi connectivity index (χ2v) is 4.75. The lowest BCUT2D eigenvalue weighted by Crippen LogP contribution is -2.36. The van der Waals surface area contributed by atoms with Crippen molar-refractivity contribution in [1.82, 2.24) is 10.3 Å². The molecule has 1 aromatic rings. The van der Waals surface area contributed by atoms with Crippen molar-refractivity contribution in [3.8, 4) is 0 Å². The van der Waals surface area contributed by atoms with Gasteiger partial charge < -0.3 is 15.0 Å². The fourth-order valence-electron chi connectivity index (χ4n) is 1.97. The average molecular weight is 265 g/mol. The van der Waals surface area contributed by atoms with E-state index in [4.69, 9.17) is 4.74 Å². The van der Waals surface area contributed by atoms with Crippen molar-refractivity contribution < 1.29 is 4.74 Å². The van der Waals surface area contributed by atoms with E-state index in [0.29, 0.717) is 6.04 Å². The lowest BCUT2D eigenvalue weighted by molar-refractivity contribution is 0.203. The van der Waals surface area contributed by atoms with E-state index in [-0.39, 0.29) is 0 Å². The molecule has 0 saturated carbocycles. The van der Waals surface area contributed by atoms with Crippen LogP contribution < -0.4 is 10.2 Å². The summed E-state index contributed by atoms with van der Waals surface area (Å²) in [5, 5.41) is 3.35. The second-order valence-electron chi connectivity index (χ2n) is 4.75. The molecule has 0 fully saturated rings. The Balaban J connectivity index is 2.81. The molecule has 108 valence electrons. The van der Waals surface area contributed by atoms with Crippen molar-refractivity contribution in [2.45, 2.75) is 39.8 Å². The van der Waals surface area contributed by atoms with Gasteiger partial charge in [-0.3, -0.25) is 0 Å². The summed E-state index contributed by atoms with van der Waals surface area (Å²) in [6.07, 6.45) is 2.99. The van der Waals surface area contributed by atoms with Gasteiger partial charge in [0.15, 0.2) is 0 Å². The Labute approximate surface area is 117 Å². The molecule has 1 heterocycles. The highest BCUT2D eigenvalue weighted by Gasteiger charge is 2.14. The van der Waals surface area contributed by atoms with Gasteiger partial charge in [-0.05, 0) is 37.6 Å². The molecule has 0 saturated heterocycles. The van der Waals surface area contributed by atoms with Crippen molar-refractivity contribution in [1.29, 1.82) is 0 Å². The van der Waals surface area contributed by atoms with E-state index in [0.717, 1.165) is 38.5 Å². The van der Waals surface area contributed by atoms with Crippen LogP contribution in [0.5, 0.6) is 0 Å². The predicted molar refractivity (Wildman–Crippen MR) is 80.6 cm³/mol. The lowest BCUT2D eigenvalue weighted by Gasteiger charge is -2.29. The Morgan fingerprint density at radius 3 is 2.84 bits per heavy atom. The maximum absolute atomic E-state index is 5.20. The van der Waals surface area contributed by atoms with E-state index >= 15 is 0 Å². The van der Waals surface area contributed by atoms with Crippen LogP contribution in [0, 0.1) is 0 Å². The molecule has 0 amide bonds. The topological polar surface area (TPSA) is 37.4 Å². The first-order chi connectivity index (χ1) is 9.22. The summed E-state index contributed by atoms with van der Waals surface area (Å²) in [6, 6.07) is 4.71. The van der Waals surface area contributed by atoms with Crippen molar-refractivity contribution in [2.24, 2.45) is 0 Å². The predicted octanol–water partition coefficient (Wildman–Crippen LogP) is 2.44. The van der Waals surface area contributed by atoms with Gasteiger partial charge in [-0.15, -0.1) is 0 Å². The fraction of sp³-hybridized carbons (Fsp3) is 0.667. The van der Waals surface area contributed by atoms with Gasteiger partial charge in [-0.2, -0.15) is 0 Å². The van der Waals surface area contributed by atoms with Crippen LogP contribution >= 0.6 is 0 Å². The molecular formula is C15H27N3O. The monoisotopic (exact) mass is 265 g/mol. The van der Waals surface area contributed by atoms with E-state index in [1.165, 1.54) is 5.56 Å². The smallest absolute Gasteiger partial charge is 0.129 e. The number of aromatic nitrogens is 1. The number of hydrogen-bond acceptors (Lipinski definition) is 4. The van der Waals surface area contributed by atoms with Crippen LogP contribution in [0.2, 0.25) is 0 Å². The molecule has 4 heteroatoms. The van der Waals surface area contributed by atoms with Gasteiger partial charge >= 0.3 is 0 Å². The van der Waals surface area contributed by atoms with Crippen LogP contribution in [0.15, 0.2) is 18.3 Å². The number of nitrogens with one attached hydrogen (secondary N) is 1. The van der Waals surface area contributed by atoms with E-state index in [2.05, 4.69) is 48.1 Å². The number of nitrogens with zero attached hydrogens (tertiary/aromatic N) is 2. The summed E-state index contributed by atoms with van der Waals surface area (Å²) in [5.41, 5.74) is 1.28. The van der Waals surface area contributed by atoms with Crippen LogP contribution in [0.4, 0.5) is 5.82 Å². The number of ether oxygens (including phenoxy) is 1. The largest absolute Gasteiger partial charge is 0.383 e. The van der Waals surface area contributed by atoms with Gasteiger partial charge in [0.05, 0.1) is 6.61 Å². The van der Waals surface area contributed by atoms with E-state index < -0.39 is 0 Å². The first kappa shape index (κ1) is 15.9. The minimum atomic E-state index is 0.469. The average Bonchev–Trinajstić information content (AvgIpc) is 2.45. The minimum absolute atomic E-state index is 0.469. The zero-order valence-electron chi connectivity index (χ0n) is 12.6. The Bertz CT molecular complexity index is 357. The van der Waals surface area contributed by atoms with E-state index in [1.807, 2.05) is 6.20 Å². The van der Waals surface area contributed by atoms with Gasteiger partial charge in [-0.25, -0.2) is 4.98 Å². The highest BCUT2D eigenvalue weighted by molar-refractivity contribution is 5.42. The van der Waals surface area contributed by atoms with Gasteiger partial charge in [-0.1, -0.05) is 13.8 Å². The summed E-state index contributed by atoms with van der Waals surface area (Å²) >= 11 is 0. The summed E-state index contributed by atoms with van der Waals surface area (Å²) in [6.45, 7) is 10.0. The second kappa shape index (κ2) is 8.88. The molecular weight excluding hydrogens is 238 g/mol. The van der Waals surface area contributed by atoms with E-state index in [9.17, 15) is 0 Å². The molecule has 0 aliphatic carbocycles. The summed E-state index contributed by atoms with van der Waals surface area (Å²) in [7, 11) is 1.74. The molecule has 0 bridgehead atoms. The van der Waals surface area contributed by atoms with Gasteiger partial charge in [0.25, 0.3) is 0 Å². The maximum Gasteiger partial charge on any atom is 0.129 e. The molecule has 1 aromatic heterocycles. The van der Waals surface area contributed by atoms with Gasteiger partial charge in [0, 0.05) is 32.4 Å². The molecule has 0 aliphatic heterocycles. The fourth-order valence-corrected chi connectivity index (χ4v) is 1.97. The standard InChI is InChI=1S/C15H27N3O/c1-5-13(3)18(9-10-19-4)15-11-14(7-8-17-15)12-16-6-2/h7-8,11,13,16H,5-6,9-10,12H2,1-4H3. The molecule has 1 unspecified atom stereocenters. The highest BCUT2D eigenvalue weighted by atomic mass is 16.5. The third-order valence-corrected chi connectivity index (χ3v) is 3.34. The molecule has 0 aromatic carbocycles. The molecule has 1 rings (SSSR count). The third-order valence-electron chi connectivity index (χ3n) is 3.34. The first-order valence-corrected chi connectivity index (χ1v) is 7.14. The zero-order valence-corrected chi connectivity index (χ0v) is 12.6. The molecule has 1 N–H and O–H groups in total. The number of anilines is 1. The third kappa shape index (κ3) is 5.17. The summed E-state index contributed by atoms with van der Waals surface area (Å²) in [5.74, 6) is 1.04. The first-order valence-electron chi connectivity index (χ1n) is 7.14. The van der Waals surface area contributed by atoms with Crippen LogP contribution in [-0.2, 0) is 11.3 Å². The zero-order chi connectivity index (χ0) is 14.1. The quantitative estimate of drug-likeness (QED) is 0.744.